The van der Waals surface area contributed by atoms with Crippen LogP contribution in [0.15, 0.2) is 30.6 Å². The lowest BCUT2D eigenvalue weighted by Gasteiger charge is -2.27. The number of aromatic nitrogens is 2. The van der Waals surface area contributed by atoms with Gasteiger partial charge in [0, 0.05) is 30.5 Å². The summed E-state index contributed by atoms with van der Waals surface area (Å²) in [5.74, 6) is 1.49. The van der Waals surface area contributed by atoms with E-state index in [-0.39, 0.29) is 24.8 Å². The fourth-order valence-electron chi connectivity index (χ4n) is 3.15. The zero-order chi connectivity index (χ0) is 14.8. The van der Waals surface area contributed by atoms with Gasteiger partial charge in [-0.25, -0.2) is 4.98 Å². The van der Waals surface area contributed by atoms with Crippen molar-refractivity contribution in [3.8, 4) is 11.4 Å². The number of nitrogens with zero attached hydrogens (tertiary/aromatic N) is 2. The minimum absolute atomic E-state index is 0. The van der Waals surface area contributed by atoms with E-state index in [1.54, 1.807) is 6.07 Å². The van der Waals surface area contributed by atoms with Gasteiger partial charge in [0.25, 0.3) is 0 Å². The standard InChI is InChI=1S/C16H19Cl2N3.2ClH/c17-14-6-2-5-13(15(14)18)16-20-7-8-21(16)10-11-3-1-4-12(19)9-11;;/h2,5-8,11-12H,1,3-4,9-10,19H2;2*1H/t11-,12+;;/m0../s1. The lowest BCUT2D eigenvalue weighted by Crippen LogP contribution is -2.29. The molecule has 1 aliphatic rings. The van der Waals surface area contributed by atoms with Crippen LogP contribution in [0.1, 0.15) is 25.7 Å². The Labute approximate surface area is 159 Å². The van der Waals surface area contributed by atoms with E-state index in [2.05, 4.69) is 9.55 Å². The predicted octanol–water partition coefficient (Wildman–Crippen LogP) is 5.22. The lowest BCUT2D eigenvalue weighted by atomic mass is 9.86. The summed E-state index contributed by atoms with van der Waals surface area (Å²) in [6.45, 7) is 0.936. The summed E-state index contributed by atoms with van der Waals surface area (Å²) in [5, 5.41) is 1.12. The number of hydrogen-bond donors (Lipinski definition) is 1. The van der Waals surface area contributed by atoms with Crippen LogP contribution in [0.2, 0.25) is 10.0 Å². The van der Waals surface area contributed by atoms with Crippen LogP contribution in [0.25, 0.3) is 11.4 Å². The highest BCUT2D eigenvalue weighted by molar-refractivity contribution is 6.43. The molecule has 0 aliphatic heterocycles. The van der Waals surface area contributed by atoms with Gasteiger partial charge in [0.15, 0.2) is 0 Å². The van der Waals surface area contributed by atoms with E-state index in [9.17, 15) is 0 Å². The molecule has 0 radical (unpaired) electrons. The van der Waals surface area contributed by atoms with Crippen LogP contribution in [-0.2, 0) is 6.54 Å². The molecular weight excluding hydrogens is 376 g/mol. The highest BCUT2D eigenvalue weighted by Crippen LogP contribution is 2.33. The molecule has 0 unspecified atom stereocenters. The monoisotopic (exact) mass is 395 g/mol. The van der Waals surface area contributed by atoms with E-state index in [1.165, 1.54) is 12.8 Å². The first-order valence-electron chi connectivity index (χ1n) is 7.36. The maximum absolute atomic E-state index is 6.32. The van der Waals surface area contributed by atoms with Crippen LogP contribution in [0.5, 0.6) is 0 Å². The molecule has 0 spiro atoms. The Balaban J connectivity index is 0.00000132. The molecule has 128 valence electrons. The van der Waals surface area contributed by atoms with Gasteiger partial charge in [0.1, 0.15) is 5.82 Å². The Hall–Kier alpha value is -0.450. The zero-order valence-corrected chi connectivity index (χ0v) is 15.8. The summed E-state index contributed by atoms with van der Waals surface area (Å²) in [4.78, 5) is 4.46. The first kappa shape index (κ1) is 20.6. The molecule has 2 atom stereocenters. The average Bonchev–Trinajstić information content (AvgIpc) is 2.90. The average molecular weight is 397 g/mol. The Bertz CT molecular complexity index is 630. The summed E-state index contributed by atoms with van der Waals surface area (Å²) < 4.78 is 2.17. The molecule has 0 amide bonds. The third-order valence-corrected chi connectivity index (χ3v) is 5.01. The summed E-state index contributed by atoms with van der Waals surface area (Å²) in [6.07, 6.45) is 8.50. The number of halogens is 4. The summed E-state index contributed by atoms with van der Waals surface area (Å²) in [6, 6.07) is 5.99. The number of imidazole rings is 1. The predicted molar refractivity (Wildman–Crippen MR) is 102 cm³/mol. The number of hydrogen-bond acceptors (Lipinski definition) is 2. The second kappa shape index (κ2) is 9.14. The van der Waals surface area contributed by atoms with Gasteiger partial charge < -0.3 is 10.3 Å². The van der Waals surface area contributed by atoms with Gasteiger partial charge in [-0.2, -0.15) is 0 Å². The molecule has 0 bridgehead atoms. The van der Waals surface area contributed by atoms with Crippen LogP contribution >= 0.6 is 48.0 Å². The minimum atomic E-state index is 0. The fraction of sp³-hybridized carbons (Fsp3) is 0.438. The highest BCUT2D eigenvalue weighted by Gasteiger charge is 2.21. The molecule has 2 N–H and O–H groups in total. The maximum atomic E-state index is 6.32. The lowest BCUT2D eigenvalue weighted by molar-refractivity contribution is 0.291. The fourth-order valence-corrected chi connectivity index (χ4v) is 3.54. The summed E-state index contributed by atoms with van der Waals surface area (Å²) in [5.41, 5.74) is 6.97. The molecule has 1 saturated carbocycles. The van der Waals surface area contributed by atoms with Gasteiger partial charge in [-0.1, -0.05) is 35.7 Å². The van der Waals surface area contributed by atoms with Crippen molar-refractivity contribution in [2.45, 2.75) is 38.3 Å². The molecule has 7 heteroatoms. The van der Waals surface area contributed by atoms with Crippen molar-refractivity contribution < 1.29 is 0 Å². The van der Waals surface area contributed by atoms with Crippen molar-refractivity contribution in [2.75, 3.05) is 0 Å². The van der Waals surface area contributed by atoms with Crippen LogP contribution < -0.4 is 5.73 Å². The SMILES string of the molecule is Cl.Cl.N[C@@H]1CCC[C@H](Cn2ccnc2-c2cccc(Cl)c2Cl)C1. The van der Waals surface area contributed by atoms with Crippen molar-refractivity contribution in [1.82, 2.24) is 9.55 Å². The number of benzene rings is 1. The van der Waals surface area contributed by atoms with E-state index < -0.39 is 0 Å². The third kappa shape index (κ3) is 4.77. The largest absolute Gasteiger partial charge is 0.331 e. The van der Waals surface area contributed by atoms with E-state index in [0.717, 1.165) is 30.8 Å². The minimum Gasteiger partial charge on any atom is -0.331 e. The number of nitrogens with two attached hydrogens (primary N) is 1. The van der Waals surface area contributed by atoms with Crippen LogP contribution in [0, 0.1) is 5.92 Å². The highest BCUT2D eigenvalue weighted by atomic mass is 35.5. The molecule has 3 nitrogen and oxygen atoms in total. The normalized spacial score (nSPS) is 20.5. The van der Waals surface area contributed by atoms with Gasteiger partial charge in [0.2, 0.25) is 0 Å². The van der Waals surface area contributed by atoms with Crippen molar-refractivity contribution in [3.63, 3.8) is 0 Å². The molecule has 1 aliphatic carbocycles. The summed E-state index contributed by atoms with van der Waals surface area (Å²) in [7, 11) is 0. The zero-order valence-electron chi connectivity index (χ0n) is 12.6. The quantitative estimate of drug-likeness (QED) is 0.772. The van der Waals surface area contributed by atoms with E-state index in [1.807, 2.05) is 24.5 Å². The topological polar surface area (TPSA) is 43.8 Å². The molecule has 1 aromatic heterocycles. The Kier molecular flexibility index (Phi) is 8.19. The van der Waals surface area contributed by atoms with Gasteiger partial charge >= 0.3 is 0 Å². The van der Waals surface area contributed by atoms with Crippen molar-refractivity contribution >= 4 is 48.0 Å². The van der Waals surface area contributed by atoms with Gasteiger partial charge in [0.05, 0.1) is 10.0 Å². The van der Waals surface area contributed by atoms with Gasteiger partial charge in [-0.05, 0) is 37.3 Å². The maximum Gasteiger partial charge on any atom is 0.141 e. The van der Waals surface area contributed by atoms with Crippen LogP contribution in [-0.4, -0.2) is 15.6 Å². The Morgan fingerprint density at radius 3 is 2.74 bits per heavy atom. The first-order chi connectivity index (χ1) is 10.1. The second-order valence-corrected chi connectivity index (χ2v) is 6.58. The van der Waals surface area contributed by atoms with Gasteiger partial charge in [-0.15, -0.1) is 24.8 Å². The van der Waals surface area contributed by atoms with Crippen molar-refractivity contribution in [1.29, 1.82) is 0 Å². The smallest absolute Gasteiger partial charge is 0.141 e. The molecule has 3 rings (SSSR count). The van der Waals surface area contributed by atoms with E-state index in [4.69, 9.17) is 28.9 Å². The molecule has 1 heterocycles. The molecule has 1 fully saturated rings. The second-order valence-electron chi connectivity index (χ2n) is 5.80. The molecule has 0 saturated heterocycles. The van der Waals surface area contributed by atoms with Gasteiger partial charge in [-0.3, -0.25) is 0 Å². The Morgan fingerprint density at radius 1 is 1.22 bits per heavy atom. The van der Waals surface area contributed by atoms with E-state index >= 15 is 0 Å². The third-order valence-electron chi connectivity index (χ3n) is 4.19. The first-order valence-corrected chi connectivity index (χ1v) is 8.12. The van der Waals surface area contributed by atoms with E-state index in [0.29, 0.717) is 22.0 Å². The number of rotatable bonds is 3. The molecular formula is C16H21Cl4N3. The molecule has 23 heavy (non-hydrogen) atoms. The van der Waals surface area contributed by atoms with Crippen molar-refractivity contribution in [3.05, 3.63) is 40.6 Å². The molecule has 1 aromatic carbocycles. The van der Waals surface area contributed by atoms with Crippen LogP contribution in [0.3, 0.4) is 0 Å². The van der Waals surface area contributed by atoms with Crippen molar-refractivity contribution in [2.24, 2.45) is 11.7 Å². The Morgan fingerprint density at radius 2 is 2.00 bits per heavy atom. The molecule has 2 aromatic rings. The summed E-state index contributed by atoms with van der Waals surface area (Å²) >= 11 is 12.4. The van der Waals surface area contributed by atoms with Crippen LogP contribution in [0.4, 0.5) is 0 Å².